The molecule has 0 aliphatic carbocycles. The Morgan fingerprint density at radius 1 is 1.21 bits per heavy atom. The summed E-state index contributed by atoms with van der Waals surface area (Å²) >= 11 is 0. The Morgan fingerprint density at radius 2 is 1.83 bits per heavy atom. The van der Waals surface area contributed by atoms with Crippen molar-refractivity contribution in [2.75, 3.05) is 40.8 Å². The number of aliphatic imine (C=N–C) groups is 1. The first-order valence-corrected chi connectivity index (χ1v) is 9.30. The monoisotopic (exact) mass is 330 g/mol. The quantitative estimate of drug-likeness (QED) is 0.642. The maximum Gasteiger partial charge on any atom is 0.193 e. The molecule has 134 valence electrons. The van der Waals surface area contributed by atoms with E-state index in [-0.39, 0.29) is 0 Å². The van der Waals surface area contributed by atoms with Gasteiger partial charge in [0.25, 0.3) is 0 Å². The summed E-state index contributed by atoms with van der Waals surface area (Å²) in [6.45, 7) is 6.58. The first-order chi connectivity index (χ1) is 11.6. The molecule has 1 aromatic carbocycles. The third-order valence-electron chi connectivity index (χ3n) is 5.10. The average Bonchev–Trinajstić information content (AvgIpc) is 2.61. The van der Waals surface area contributed by atoms with E-state index < -0.39 is 0 Å². The van der Waals surface area contributed by atoms with Crippen LogP contribution in [-0.2, 0) is 13.0 Å². The van der Waals surface area contributed by atoms with Crippen molar-refractivity contribution in [3.8, 4) is 0 Å². The summed E-state index contributed by atoms with van der Waals surface area (Å²) in [5.74, 6) is 1.85. The number of hydrogen-bond acceptors (Lipinski definition) is 2. The van der Waals surface area contributed by atoms with Crippen LogP contribution in [-0.4, -0.2) is 56.5 Å². The van der Waals surface area contributed by atoms with Crippen molar-refractivity contribution in [3.05, 3.63) is 35.4 Å². The van der Waals surface area contributed by atoms with Crippen LogP contribution in [0.5, 0.6) is 0 Å². The fourth-order valence-corrected chi connectivity index (χ4v) is 3.35. The number of guanidine groups is 1. The number of aryl methyl sites for hydroxylation is 1. The van der Waals surface area contributed by atoms with Gasteiger partial charge in [0.1, 0.15) is 0 Å². The summed E-state index contributed by atoms with van der Waals surface area (Å²) < 4.78 is 0. The predicted octanol–water partition coefficient (Wildman–Crippen LogP) is 2.99. The van der Waals surface area contributed by atoms with Gasteiger partial charge in [-0.25, -0.2) is 0 Å². The second-order valence-corrected chi connectivity index (χ2v) is 7.04. The molecule has 0 radical (unpaired) electrons. The molecule has 4 heteroatoms. The number of likely N-dealkylation sites (tertiary alicyclic amines) is 1. The Bertz CT molecular complexity index is 501. The van der Waals surface area contributed by atoms with Crippen molar-refractivity contribution in [2.45, 2.75) is 39.2 Å². The Balaban J connectivity index is 1.75. The van der Waals surface area contributed by atoms with E-state index in [9.17, 15) is 0 Å². The minimum Gasteiger partial charge on any atom is -0.356 e. The SMILES string of the molecule is CCc1ccc(CN(C)C(=NC)NCCC2CCN(C)CC2)cc1. The fourth-order valence-electron chi connectivity index (χ4n) is 3.35. The van der Waals surface area contributed by atoms with Gasteiger partial charge in [-0.1, -0.05) is 31.2 Å². The van der Waals surface area contributed by atoms with E-state index in [0.29, 0.717) is 0 Å². The molecule has 0 unspecified atom stereocenters. The van der Waals surface area contributed by atoms with Gasteiger partial charge in [-0.2, -0.15) is 0 Å². The molecule has 0 bridgehead atoms. The Hall–Kier alpha value is -1.55. The molecule has 1 heterocycles. The van der Waals surface area contributed by atoms with Crippen molar-refractivity contribution in [3.63, 3.8) is 0 Å². The third kappa shape index (κ3) is 5.82. The van der Waals surface area contributed by atoms with Crippen molar-refractivity contribution in [1.29, 1.82) is 0 Å². The van der Waals surface area contributed by atoms with Crippen molar-refractivity contribution >= 4 is 5.96 Å². The van der Waals surface area contributed by atoms with Crippen LogP contribution in [0.1, 0.15) is 37.3 Å². The van der Waals surface area contributed by atoms with Gasteiger partial charge in [0.2, 0.25) is 0 Å². The molecule has 0 amide bonds. The van der Waals surface area contributed by atoms with Gasteiger partial charge in [0, 0.05) is 27.2 Å². The van der Waals surface area contributed by atoms with Crippen LogP contribution in [0.2, 0.25) is 0 Å². The first kappa shape index (κ1) is 18.8. The van der Waals surface area contributed by atoms with Gasteiger partial charge < -0.3 is 15.1 Å². The molecule has 1 fully saturated rings. The lowest BCUT2D eigenvalue weighted by Crippen LogP contribution is -2.40. The summed E-state index contributed by atoms with van der Waals surface area (Å²) in [4.78, 5) is 9.07. The predicted molar refractivity (Wildman–Crippen MR) is 103 cm³/mol. The molecule has 0 saturated carbocycles. The van der Waals surface area contributed by atoms with Gasteiger partial charge in [-0.15, -0.1) is 0 Å². The second kappa shape index (κ2) is 9.67. The molecule has 1 saturated heterocycles. The van der Waals surface area contributed by atoms with Gasteiger partial charge in [-0.3, -0.25) is 4.99 Å². The minimum absolute atomic E-state index is 0.860. The van der Waals surface area contributed by atoms with Crippen molar-refractivity contribution in [2.24, 2.45) is 10.9 Å². The van der Waals surface area contributed by atoms with E-state index in [2.05, 4.69) is 65.4 Å². The molecule has 0 aromatic heterocycles. The largest absolute Gasteiger partial charge is 0.356 e. The Morgan fingerprint density at radius 3 is 2.42 bits per heavy atom. The molecular weight excluding hydrogens is 296 g/mol. The number of nitrogens with zero attached hydrogens (tertiary/aromatic N) is 3. The average molecular weight is 331 g/mol. The van der Waals surface area contributed by atoms with Crippen molar-refractivity contribution < 1.29 is 0 Å². The lowest BCUT2D eigenvalue weighted by atomic mass is 9.94. The Kier molecular flexibility index (Phi) is 7.57. The zero-order chi connectivity index (χ0) is 17.4. The summed E-state index contributed by atoms with van der Waals surface area (Å²) in [5, 5.41) is 3.53. The number of piperidine rings is 1. The highest BCUT2D eigenvalue weighted by Gasteiger charge is 2.16. The van der Waals surface area contributed by atoms with E-state index in [0.717, 1.165) is 31.4 Å². The lowest BCUT2D eigenvalue weighted by molar-refractivity contribution is 0.212. The van der Waals surface area contributed by atoms with E-state index in [1.807, 2.05) is 7.05 Å². The summed E-state index contributed by atoms with van der Waals surface area (Å²) in [6, 6.07) is 8.89. The second-order valence-electron chi connectivity index (χ2n) is 7.04. The molecular formula is C20H34N4. The number of benzene rings is 1. The highest BCUT2D eigenvalue weighted by atomic mass is 15.3. The van der Waals surface area contributed by atoms with Crippen molar-refractivity contribution in [1.82, 2.24) is 15.1 Å². The summed E-state index contributed by atoms with van der Waals surface area (Å²) in [6.07, 6.45) is 5.00. The molecule has 0 atom stereocenters. The zero-order valence-electron chi connectivity index (χ0n) is 15.9. The molecule has 1 aromatic rings. The molecule has 0 spiro atoms. The van der Waals surface area contributed by atoms with Crippen LogP contribution in [0.15, 0.2) is 29.3 Å². The molecule has 1 N–H and O–H groups in total. The smallest absolute Gasteiger partial charge is 0.193 e. The van der Waals surface area contributed by atoms with E-state index in [4.69, 9.17) is 0 Å². The van der Waals surface area contributed by atoms with Gasteiger partial charge in [-0.05, 0) is 62.9 Å². The summed E-state index contributed by atoms with van der Waals surface area (Å²) in [7, 11) is 6.20. The van der Waals surface area contributed by atoms with Gasteiger partial charge in [0.15, 0.2) is 5.96 Å². The Labute approximate surface area is 147 Å². The molecule has 24 heavy (non-hydrogen) atoms. The van der Waals surface area contributed by atoms with Crippen LogP contribution in [0.25, 0.3) is 0 Å². The number of nitrogens with one attached hydrogen (secondary N) is 1. The first-order valence-electron chi connectivity index (χ1n) is 9.30. The topological polar surface area (TPSA) is 30.9 Å². The highest BCUT2D eigenvalue weighted by molar-refractivity contribution is 5.79. The maximum absolute atomic E-state index is 4.44. The van der Waals surface area contributed by atoms with E-state index in [1.54, 1.807) is 0 Å². The normalized spacial score (nSPS) is 17.1. The molecule has 1 aliphatic heterocycles. The molecule has 4 nitrogen and oxygen atoms in total. The van der Waals surface area contributed by atoms with Crippen LogP contribution in [0, 0.1) is 5.92 Å². The standard InChI is InChI=1S/C20H34N4/c1-5-17-6-8-19(9-7-17)16-24(4)20(21-2)22-13-10-18-11-14-23(3)15-12-18/h6-9,18H,5,10-16H2,1-4H3,(H,21,22). The maximum atomic E-state index is 4.44. The van der Waals surface area contributed by atoms with Gasteiger partial charge >= 0.3 is 0 Å². The van der Waals surface area contributed by atoms with Crippen LogP contribution in [0.3, 0.4) is 0 Å². The number of rotatable bonds is 6. The van der Waals surface area contributed by atoms with E-state index >= 15 is 0 Å². The molecule has 2 rings (SSSR count). The van der Waals surface area contributed by atoms with Crippen LogP contribution >= 0.6 is 0 Å². The number of hydrogen-bond donors (Lipinski definition) is 1. The minimum atomic E-state index is 0.860. The summed E-state index contributed by atoms with van der Waals surface area (Å²) in [5.41, 5.74) is 2.72. The van der Waals surface area contributed by atoms with Crippen LogP contribution < -0.4 is 5.32 Å². The fraction of sp³-hybridized carbons (Fsp3) is 0.650. The molecule has 1 aliphatic rings. The third-order valence-corrected chi connectivity index (χ3v) is 5.10. The zero-order valence-corrected chi connectivity index (χ0v) is 15.9. The van der Waals surface area contributed by atoms with Crippen LogP contribution in [0.4, 0.5) is 0 Å². The van der Waals surface area contributed by atoms with E-state index in [1.165, 1.54) is 43.5 Å². The highest BCUT2D eigenvalue weighted by Crippen LogP contribution is 2.18. The lowest BCUT2D eigenvalue weighted by Gasteiger charge is -2.29. The van der Waals surface area contributed by atoms with Gasteiger partial charge in [0.05, 0.1) is 0 Å².